The highest BCUT2D eigenvalue weighted by Crippen LogP contribution is 2.23. The van der Waals surface area contributed by atoms with Crippen LogP contribution in [0.1, 0.15) is 59.4 Å². The molecule has 0 saturated heterocycles. The number of nitrogens with zero attached hydrogens (tertiary/aromatic N) is 2. The summed E-state index contributed by atoms with van der Waals surface area (Å²) in [6, 6.07) is 16.9. The van der Waals surface area contributed by atoms with Gasteiger partial charge in [-0.05, 0) is 37.5 Å². The van der Waals surface area contributed by atoms with Gasteiger partial charge in [-0.25, -0.2) is 0 Å². The van der Waals surface area contributed by atoms with Crippen molar-refractivity contribution in [2.24, 2.45) is 0 Å². The lowest BCUT2D eigenvalue weighted by Crippen LogP contribution is -2.38. The van der Waals surface area contributed by atoms with Crippen molar-refractivity contribution in [3.8, 4) is 0 Å². The molecule has 0 aromatic heterocycles. The minimum Gasteiger partial charge on any atom is -0.336 e. The Balaban J connectivity index is 1.59. The van der Waals surface area contributed by atoms with E-state index in [0.717, 1.165) is 12.0 Å². The third-order valence-corrected chi connectivity index (χ3v) is 5.29. The van der Waals surface area contributed by atoms with Gasteiger partial charge in [-0.1, -0.05) is 49.4 Å². The van der Waals surface area contributed by atoms with E-state index in [1.54, 1.807) is 24.3 Å². The predicted molar refractivity (Wildman–Crippen MR) is 108 cm³/mol. The van der Waals surface area contributed by atoms with Crippen molar-refractivity contribution in [3.05, 3.63) is 71.3 Å². The summed E-state index contributed by atoms with van der Waals surface area (Å²) in [5, 5.41) is 0. The number of imide groups is 1. The summed E-state index contributed by atoms with van der Waals surface area (Å²) in [4.78, 5) is 40.8. The Morgan fingerprint density at radius 2 is 1.54 bits per heavy atom. The molecule has 3 amide bonds. The van der Waals surface area contributed by atoms with E-state index < -0.39 is 0 Å². The fourth-order valence-electron chi connectivity index (χ4n) is 3.46. The quantitative estimate of drug-likeness (QED) is 0.655. The second-order valence-electron chi connectivity index (χ2n) is 7.18. The molecule has 0 saturated carbocycles. The molecular formula is C23H26N2O3. The van der Waals surface area contributed by atoms with Gasteiger partial charge in [-0.3, -0.25) is 19.3 Å². The van der Waals surface area contributed by atoms with Gasteiger partial charge in [0.2, 0.25) is 5.91 Å². The van der Waals surface area contributed by atoms with Crippen LogP contribution in [0.2, 0.25) is 0 Å². The summed E-state index contributed by atoms with van der Waals surface area (Å²) in [5.74, 6) is -0.484. The molecule has 0 fully saturated rings. The first-order valence-electron chi connectivity index (χ1n) is 9.81. The maximum Gasteiger partial charge on any atom is 0.261 e. The molecule has 146 valence electrons. The van der Waals surface area contributed by atoms with Gasteiger partial charge in [0.25, 0.3) is 11.8 Å². The average Bonchev–Trinajstić information content (AvgIpc) is 2.97. The van der Waals surface area contributed by atoms with Crippen LogP contribution in [-0.4, -0.2) is 40.1 Å². The Labute approximate surface area is 166 Å². The fourth-order valence-corrected chi connectivity index (χ4v) is 3.46. The molecule has 0 spiro atoms. The van der Waals surface area contributed by atoms with Gasteiger partial charge in [0.1, 0.15) is 0 Å². The zero-order chi connectivity index (χ0) is 20.1. The number of fused-ring (bicyclic) bond motifs is 1. The number of hydrogen-bond acceptors (Lipinski definition) is 3. The summed E-state index contributed by atoms with van der Waals surface area (Å²) in [6.45, 7) is 4.94. The van der Waals surface area contributed by atoms with Gasteiger partial charge in [0.05, 0.1) is 11.1 Å². The second-order valence-corrected chi connectivity index (χ2v) is 7.18. The molecule has 2 aromatic carbocycles. The lowest BCUT2D eigenvalue weighted by Gasteiger charge is -2.29. The first-order chi connectivity index (χ1) is 13.5. The van der Waals surface area contributed by atoms with Crippen molar-refractivity contribution < 1.29 is 14.4 Å². The van der Waals surface area contributed by atoms with Gasteiger partial charge in [-0.2, -0.15) is 0 Å². The number of amides is 3. The van der Waals surface area contributed by atoms with E-state index in [9.17, 15) is 14.4 Å². The van der Waals surface area contributed by atoms with Gasteiger partial charge in [-0.15, -0.1) is 0 Å². The van der Waals surface area contributed by atoms with E-state index in [2.05, 4.69) is 6.92 Å². The number of hydrogen-bond donors (Lipinski definition) is 0. The van der Waals surface area contributed by atoms with Crippen LogP contribution in [0.15, 0.2) is 54.6 Å². The highest BCUT2D eigenvalue weighted by Gasteiger charge is 2.34. The summed E-state index contributed by atoms with van der Waals surface area (Å²) >= 11 is 0. The molecule has 1 aliphatic rings. The maximum absolute atomic E-state index is 12.8. The van der Waals surface area contributed by atoms with Crippen LogP contribution in [0, 0.1) is 0 Å². The van der Waals surface area contributed by atoms with E-state index >= 15 is 0 Å². The predicted octanol–water partition coefficient (Wildman–Crippen LogP) is 3.89. The van der Waals surface area contributed by atoms with Crippen LogP contribution in [0.25, 0.3) is 0 Å². The Hall–Kier alpha value is -2.95. The molecule has 3 rings (SSSR count). The molecule has 2 aromatic rings. The molecule has 1 atom stereocenters. The normalized spacial score (nSPS) is 14.1. The van der Waals surface area contributed by atoms with Crippen LogP contribution in [0.3, 0.4) is 0 Å². The summed E-state index contributed by atoms with van der Waals surface area (Å²) in [7, 11) is 0. The van der Waals surface area contributed by atoms with E-state index in [-0.39, 0.29) is 30.3 Å². The van der Waals surface area contributed by atoms with Crippen LogP contribution >= 0.6 is 0 Å². The molecule has 5 heteroatoms. The monoisotopic (exact) mass is 378 g/mol. The standard InChI is InChI=1S/C23H26N2O3/c1-3-17(2)25(16-18-10-5-4-6-11-18)21(26)14-9-15-24-22(27)19-12-7-8-13-20(19)23(24)28/h4-8,10-13,17H,3,9,14-16H2,1-2H3. The molecule has 1 heterocycles. The Kier molecular flexibility index (Phi) is 6.24. The highest BCUT2D eigenvalue weighted by molar-refractivity contribution is 6.21. The molecule has 1 aliphatic heterocycles. The first kappa shape index (κ1) is 19.8. The van der Waals surface area contributed by atoms with Crippen LogP contribution in [0.5, 0.6) is 0 Å². The third-order valence-electron chi connectivity index (χ3n) is 5.29. The number of rotatable bonds is 8. The van der Waals surface area contributed by atoms with Crippen molar-refractivity contribution in [2.75, 3.05) is 6.54 Å². The molecule has 28 heavy (non-hydrogen) atoms. The lowest BCUT2D eigenvalue weighted by atomic mass is 10.1. The Morgan fingerprint density at radius 3 is 2.11 bits per heavy atom. The van der Waals surface area contributed by atoms with E-state index in [4.69, 9.17) is 0 Å². The van der Waals surface area contributed by atoms with Crippen LogP contribution in [-0.2, 0) is 11.3 Å². The van der Waals surface area contributed by atoms with Crippen molar-refractivity contribution >= 4 is 17.7 Å². The summed E-state index contributed by atoms with van der Waals surface area (Å²) in [6.07, 6.45) is 1.65. The maximum atomic E-state index is 12.8. The Bertz CT molecular complexity index is 828. The van der Waals surface area contributed by atoms with E-state index in [0.29, 0.717) is 30.5 Å². The fraction of sp³-hybridized carbons (Fsp3) is 0.348. The Morgan fingerprint density at radius 1 is 0.964 bits per heavy atom. The molecular weight excluding hydrogens is 352 g/mol. The topological polar surface area (TPSA) is 57.7 Å². The molecule has 1 unspecified atom stereocenters. The minimum absolute atomic E-state index is 0.0508. The molecule has 0 aliphatic carbocycles. The zero-order valence-corrected chi connectivity index (χ0v) is 16.4. The van der Waals surface area contributed by atoms with Crippen LogP contribution < -0.4 is 0 Å². The molecule has 0 radical (unpaired) electrons. The third kappa shape index (κ3) is 4.14. The van der Waals surface area contributed by atoms with Crippen molar-refractivity contribution in [2.45, 2.75) is 45.7 Å². The van der Waals surface area contributed by atoms with Gasteiger partial charge in [0.15, 0.2) is 0 Å². The zero-order valence-electron chi connectivity index (χ0n) is 16.4. The largest absolute Gasteiger partial charge is 0.336 e. The van der Waals surface area contributed by atoms with Gasteiger partial charge < -0.3 is 4.90 Å². The van der Waals surface area contributed by atoms with Crippen molar-refractivity contribution in [1.29, 1.82) is 0 Å². The lowest BCUT2D eigenvalue weighted by molar-refractivity contribution is -0.134. The van der Waals surface area contributed by atoms with Crippen LogP contribution in [0.4, 0.5) is 0 Å². The van der Waals surface area contributed by atoms with Crippen molar-refractivity contribution in [3.63, 3.8) is 0 Å². The smallest absolute Gasteiger partial charge is 0.261 e. The second kappa shape index (κ2) is 8.83. The van der Waals surface area contributed by atoms with Crippen molar-refractivity contribution in [1.82, 2.24) is 9.80 Å². The number of carbonyl (C=O) groups excluding carboxylic acids is 3. The number of benzene rings is 2. The molecule has 0 N–H and O–H groups in total. The van der Waals surface area contributed by atoms with E-state index in [1.807, 2.05) is 42.2 Å². The van der Waals surface area contributed by atoms with E-state index in [1.165, 1.54) is 4.90 Å². The summed E-state index contributed by atoms with van der Waals surface area (Å²) < 4.78 is 0. The molecule has 5 nitrogen and oxygen atoms in total. The van der Waals surface area contributed by atoms with Gasteiger partial charge in [0, 0.05) is 25.6 Å². The highest BCUT2D eigenvalue weighted by atomic mass is 16.2. The van der Waals surface area contributed by atoms with Gasteiger partial charge >= 0.3 is 0 Å². The summed E-state index contributed by atoms with van der Waals surface area (Å²) in [5.41, 5.74) is 1.99. The first-order valence-corrected chi connectivity index (χ1v) is 9.81. The number of carbonyl (C=O) groups is 3. The minimum atomic E-state index is -0.267. The average molecular weight is 378 g/mol. The molecule has 0 bridgehead atoms. The SMILES string of the molecule is CCC(C)N(Cc1ccccc1)C(=O)CCCN1C(=O)c2ccccc2C1=O.